The number of guanidine groups is 1. The summed E-state index contributed by atoms with van der Waals surface area (Å²) in [5.41, 5.74) is 1.66. The number of rotatable bonds is 15. The van der Waals surface area contributed by atoms with E-state index in [2.05, 4.69) is 16.0 Å². The summed E-state index contributed by atoms with van der Waals surface area (Å²) >= 11 is 0. The van der Waals surface area contributed by atoms with Gasteiger partial charge in [-0.3, -0.25) is 15.0 Å². The van der Waals surface area contributed by atoms with Crippen LogP contribution in [0.25, 0.3) is 0 Å². The molecule has 0 aliphatic carbocycles. The maximum atomic E-state index is 12.7. The second-order valence-electron chi connectivity index (χ2n) is 7.58. The van der Waals surface area contributed by atoms with E-state index in [1.165, 1.54) is 6.08 Å². The van der Waals surface area contributed by atoms with E-state index in [1.54, 1.807) is 11.5 Å². The molecule has 0 aliphatic heterocycles. The van der Waals surface area contributed by atoms with Gasteiger partial charge < -0.3 is 26.0 Å². The Labute approximate surface area is 183 Å². The lowest BCUT2D eigenvalue weighted by molar-refractivity contribution is -0.525. The molecule has 2 atom stereocenters. The van der Waals surface area contributed by atoms with Gasteiger partial charge >= 0.3 is 7.12 Å². The number of carbonyl (C=O) groups excluding carboxylic acids is 2. The van der Waals surface area contributed by atoms with Crippen LogP contribution in [0.1, 0.15) is 59.3 Å². The maximum Gasteiger partial charge on any atom is 0.475 e. The van der Waals surface area contributed by atoms with Crippen LogP contribution in [0, 0.1) is 21.4 Å². The van der Waals surface area contributed by atoms with Crippen LogP contribution in [-0.4, -0.2) is 58.5 Å². The molecule has 0 bridgehead atoms. The van der Waals surface area contributed by atoms with Crippen molar-refractivity contribution < 1.29 is 24.7 Å². The standard InChI is InChI=1S/C18H35BN6O6/c1-4-5-6-7-10-16(26)22-14(9-8-11-21-18(20)24-25(30)31)17(27)23-15(19(28)29)12-13(2)3/h7,10,13-15,28-29H,4-6,8-9,11-12H2,1-3H3,(H,22,26)(H,23,27)(H3,20,21,24)/t14-,15-/m0/s1. The van der Waals surface area contributed by atoms with E-state index in [0.29, 0.717) is 12.8 Å². The number of nitrogens with one attached hydrogen (secondary N) is 5. The molecule has 31 heavy (non-hydrogen) atoms. The number of unbranched alkanes of at least 4 members (excludes halogenated alkanes) is 2. The van der Waals surface area contributed by atoms with Gasteiger partial charge in [0.2, 0.25) is 11.8 Å². The van der Waals surface area contributed by atoms with Crippen LogP contribution in [0.4, 0.5) is 0 Å². The molecule has 0 aromatic heterocycles. The van der Waals surface area contributed by atoms with Gasteiger partial charge in [0.1, 0.15) is 6.04 Å². The van der Waals surface area contributed by atoms with Crippen molar-refractivity contribution in [3.8, 4) is 0 Å². The third-order valence-electron chi connectivity index (χ3n) is 4.21. The third kappa shape index (κ3) is 14.9. The molecule has 0 rings (SSSR count). The van der Waals surface area contributed by atoms with Crippen LogP contribution in [0.5, 0.6) is 0 Å². The highest BCUT2D eigenvalue weighted by molar-refractivity contribution is 6.43. The minimum absolute atomic E-state index is 0.103. The largest absolute Gasteiger partial charge is 0.475 e. The second-order valence-corrected chi connectivity index (χ2v) is 7.58. The summed E-state index contributed by atoms with van der Waals surface area (Å²) in [5, 5.41) is 43.5. The van der Waals surface area contributed by atoms with E-state index >= 15 is 0 Å². The quantitative estimate of drug-likeness (QED) is 0.0346. The van der Waals surface area contributed by atoms with Gasteiger partial charge in [-0.15, -0.1) is 0 Å². The fourth-order valence-electron chi connectivity index (χ4n) is 2.70. The molecular weight excluding hydrogens is 407 g/mol. The number of allylic oxidation sites excluding steroid dienone is 1. The summed E-state index contributed by atoms with van der Waals surface area (Å²) < 4.78 is 0. The lowest BCUT2D eigenvalue weighted by Gasteiger charge is -2.24. The lowest BCUT2D eigenvalue weighted by Crippen LogP contribution is -2.54. The Bertz CT molecular complexity index is 616. The molecule has 0 aliphatic rings. The zero-order chi connectivity index (χ0) is 23.8. The molecule has 0 spiro atoms. The summed E-state index contributed by atoms with van der Waals surface area (Å²) in [6, 6.07) is -0.948. The van der Waals surface area contributed by atoms with Crippen LogP contribution in [-0.2, 0) is 9.59 Å². The monoisotopic (exact) mass is 442 g/mol. The number of amides is 2. The summed E-state index contributed by atoms with van der Waals surface area (Å²) in [5.74, 6) is -2.28. The number of nitrogens with zero attached hydrogens (tertiary/aromatic N) is 1. The van der Waals surface area contributed by atoms with Gasteiger partial charge in [-0.05, 0) is 37.7 Å². The number of hydrogen-bond acceptors (Lipinski definition) is 7. The number of carbonyl (C=O) groups is 2. The topological polar surface area (TPSA) is 190 Å². The first-order valence-corrected chi connectivity index (χ1v) is 10.4. The number of hydrogen-bond donors (Lipinski definition) is 7. The Morgan fingerprint density at radius 1 is 1.23 bits per heavy atom. The Morgan fingerprint density at radius 2 is 1.90 bits per heavy atom. The van der Waals surface area contributed by atoms with Crippen molar-refractivity contribution in [2.24, 2.45) is 5.92 Å². The maximum absolute atomic E-state index is 12.7. The molecule has 7 N–H and O–H groups in total. The first-order chi connectivity index (χ1) is 14.6. The Morgan fingerprint density at radius 3 is 2.45 bits per heavy atom. The molecule has 0 radical (unpaired) electrons. The fourth-order valence-corrected chi connectivity index (χ4v) is 2.70. The van der Waals surface area contributed by atoms with Crippen molar-refractivity contribution in [1.82, 2.24) is 21.4 Å². The van der Waals surface area contributed by atoms with Crippen molar-refractivity contribution >= 4 is 24.9 Å². The summed E-state index contributed by atoms with van der Waals surface area (Å²) in [7, 11) is -1.74. The molecule has 0 aromatic carbocycles. The van der Waals surface area contributed by atoms with Crippen molar-refractivity contribution in [1.29, 1.82) is 5.41 Å². The summed E-state index contributed by atoms with van der Waals surface area (Å²) in [6.45, 7) is 5.94. The highest BCUT2D eigenvalue weighted by Crippen LogP contribution is 2.07. The SMILES string of the molecule is CCCCC=CC(=O)N[C@@H](CCCNC(=N)N[N+](=O)[O-])C(=O)N[C@@H](CC(C)C)B(O)O. The van der Waals surface area contributed by atoms with E-state index in [-0.39, 0.29) is 18.9 Å². The molecule has 176 valence electrons. The Hall–Kier alpha value is -2.67. The van der Waals surface area contributed by atoms with Crippen molar-refractivity contribution in [3.63, 3.8) is 0 Å². The van der Waals surface area contributed by atoms with Crippen LogP contribution < -0.4 is 21.4 Å². The van der Waals surface area contributed by atoms with E-state index in [4.69, 9.17) is 5.41 Å². The van der Waals surface area contributed by atoms with Crippen LogP contribution in [0.2, 0.25) is 0 Å². The normalized spacial score (nSPS) is 12.8. The zero-order valence-electron chi connectivity index (χ0n) is 18.4. The highest BCUT2D eigenvalue weighted by Gasteiger charge is 2.29. The van der Waals surface area contributed by atoms with E-state index in [1.807, 2.05) is 20.8 Å². The highest BCUT2D eigenvalue weighted by atomic mass is 16.7. The Balaban J connectivity index is 4.96. The van der Waals surface area contributed by atoms with Gasteiger partial charge in [-0.2, -0.15) is 0 Å². The molecular formula is C18H35BN6O6. The van der Waals surface area contributed by atoms with Gasteiger partial charge in [0.15, 0.2) is 5.03 Å². The number of nitro groups is 1. The molecule has 2 amide bonds. The van der Waals surface area contributed by atoms with Crippen LogP contribution >= 0.6 is 0 Å². The number of hydrazine groups is 1. The molecule has 0 fully saturated rings. The first kappa shape index (κ1) is 28.3. The van der Waals surface area contributed by atoms with E-state index in [0.717, 1.165) is 19.3 Å². The van der Waals surface area contributed by atoms with E-state index in [9.17, 15) is 29.8 Å². The van der Waals surface area contributed by atoms with Gasteiger partial charge in [-0.1, -0.05) is 45.1 Å². The van der Waals surface area contributed by atoms with Crippen molar-refractivity contribution in [3.05, 3.63) is 22.3 Å². The van der Waals surface area contributed by atoms with Crippen LogP contribution in [0.3, 0.4) is 0 Å². The second kappa shape index (κ2) is 16.1. The minimum atomic E-state index is -1.74. The van der Waals surface area contributed by atoms with Crippen molar-refractivity contribution in [2.75, 3.05) is 6.54 Å². The molecule has 0 heterocycles. The van der Waals surface area contributed by atoms with Gasteiger partial charge in [0.25, 0.3) is 5.96 Å². The Kier molecular flexibility index (Phi) is 14.7. The third-order valence-corrected chi connectivity index (χ3v) is 4.21. The molecule has 0 saturated carbocycles. The molecule has 0 saturated heterocycles. The molecule has 13 heteroatoms. The summed E-state index contributed by atoms with van der Waals surface area (Å²) in [6.07, 6.45) is 6.58. The molecule has 12 nitrogen and oxygen atoms in total. The first-order valence-electron chi connectivity index (χ1n) is 10.4. The zero-order valence-corrected chi connectivity index (χ0v) is 18.4. The molecule has 0 unspecified atom stereocenters. The smallest absolute Gasteiger partial charge is 0.426 e. The van der Waals surface area contributed by atoms with Crippen molar-refractivity contribution in [2.45, 2.75) is 71.3 Å². The fraction of sp³-hybridized carbons (Fsp3) is 0.722. The predicted molar refractivity (Wildman–Crippen MR) is 117 cm³/mol. The van der Waals surface area contributed by atoms with E-state index < -0.39 is 41.9 Å². The minimum Gasteiger partial charge on any atom is -0.426 e. The molecule has 0 aromatic rings. The van der Waals surface area contributed by atoms with Gasteiger partial charge in [0, 0.05) is 6.54 Å². The van der Waals surface area contributed by atoms with Gasteiger partial charge in [-0.25, -0.2) is 10.1 Å². The summed E-state index contributed by atoms with van der Waals surface area (Å²) in [4.78, 5) is 35.1. The van der Waals surface area contributed by atoms with Crippen LogP contribution in [0.15, 0.2) is 12.2 Å². The lowest BCUT2D eigenvalue weighted by atomic mass is 9.75. The average Bonchev–Trinajstić information content (AvgIpc) is 2.66. The van der Waals surface area contributed by atoms with Gasteiger partial charge in [0.05, 0.1) is 5.94 Å². The predicted octanol–water partition coefficient (Wildman–Crippen LogP) is -0.154. The average molecular weight is 442 g/mol.